The Bertz CT molecular complexity index is 232. The SMILES string of the molecule is CCN(CC)C(=O)NCC1(N(C)C)CCC1. The molecule has 1 rings (SSSR count). The highest BCUT2D eigenvalue weighted by Crippen LogP contribution is 2.35. The first-order chi connectivity index (χ1) is 7.55. The molecule has 16 heavy (non-hydrogen) atoms. The molecule has 4 heteroatoms. The van der Waals surface area contributed by atoms with Gasteiger partial charge in [-0.25, -0.2) is 4.79 Å². The van der Waals surface area contributed by atoms with E-state index < -0.39 is 0 Å². The summed E-state index contributed by atoms with van der Waals surface area (Å²) in [5, 5.41) is 3.05. The van der Waals surface area contributed by atoms with Crippen molar-refractivity contribution in [1.82, 2.24) is 15.1 Å². The van der Waals surface area contributed by atoms with Crippen molar-refractivity contribution in [2.75, 3.05) is 33.7 Å². The quantitative estimate of drug-likeness (QED) is 0.773. The van der Waals surface area contributed by atoms with Crippen molar-refractivity contribution in [2.45, 2.75) is 38.6 Å². The average Bonchev–Trinajstić information content (AvgIpc) is 2.17. The molecule has 94 valence electrons. The van der Waals surface area contributed by atoms with Gasteiger partial charge in [0.05, 0.1) is 0 Å². The van der Waals surface area contributed by atoms with E-state index in [1.165, 1.54) is 19.3 Å². The minimum atomic E-state index is 0.0677. The largest absolute Gasteiger partial charge is 0.336 e. The molecule has 0 bridgehead atoms. The molecule has 2 amide bonds. The molecule has 4 nitrogen and oxygen atoms in total. The van der Waals surface area contributed by atoms with Crippen molar-refractivity contribution in [3.8, 4) is 0 Å². The Morgan fingerprint density at radius 3 is 2.12 bits per heavy atom. The van der Waals surface area contributed by atoms with E-state index in [0.29, 0.717) is 0 Å². The van der Waals surface area contributed by atoms with Crippen LogP contribution >= 0.6 is 0 Å². The number of urea groups is 1. The number of nitrogens with zero attached hydrogens (tertiary/aromatic N) is 2. The Hall–Kier alpha value is -0.770. The van der Waals surface area contributed by atoms with Gasteiger partial charge < -0.3 is 15.1 Å². The maximum absolute atomic E-state index is 11.8. The van der Waals surface area contributed by atoms with Gasteiger partial charge in [-0.05, 0) is 47.2 Å². The van der Waals surface area contributed by atoms with E-state index in [1.54, 1.807) is 0 Å². The number of likely N-dealkylation sites (N-methyl/N-ethyl adjacent to an activating group) is 1. The molecule has 1 fully saturated rings. The highest BCUT2D eigenvalue weighted by molar-refractivity contribution is 5.74. The number of nitrogens with one attached hydrogen (secondary N) is 1. The van der Waals surface area contributed by atoms with Crippen molar-refractivity contribution >= 4 is 6.03 Å². The fourth-order valence-corrected chi connectivity index (χ4v) is 2.23. The fraction of sp³-hybridized carbons (Fsp3) is 0.917. The summed E-state index contributed by atoms with van der Waals surface area (Å²) in [5.41, 5.74) is 0.211. The third-order valence-corrected chi connectivity index (χ3v) is 3.85. The first kappa shape index (κ1) is 13.3. The van der Waals surface area contributed by atoms with Crippen LogP contribution in [0.3, 0.4) is 0 Å². The van der Waals surface area contributed by atoms with Crippen molar-refractivity contribution in [3.63, 3.8) is 0 Å². The summed E-state index contributed by atoms with van der Waals surface area (Å²) in [4.78, 5) is 15.9. The van der Waals surface area contributed by atoms with E-state index in [0.717, 1.165) is 19.6 Å². The van der Waals surface area contributed by atoms with E-state index in [2.05, 4.69) is 24.3 Å². The lowest BCUT2D eigenvalue weighted by molar-refractivity contribution is 0.0608. The normalized spacial score (nSPS) is 18.1. The molecule has 0 spiro atoms. The van der Waals surface area contributed by atoms with Crippen molar-refractivity contribution < 1.29 is 4.79 Å². The molecule has 0 aromatic rings. The minimum absolute atomic E-state index is 0.0677. The number of amides is 2. The average molecular weight is 227 g/mol. The van der Waals surface area contributed by atoms with Crippen LogP contribution in [0.25, 0.3) is 0 Å². The lowest BCUT2D eigenvalue weighted by atomic mass is 9.75. The van der Waals surface area contributed by atoms with Crippen LogP contribution in [0.5, 0.6) is 0 Å². The maximum atomic E-state index is 11.8. The lowest BCUT2D eigenvalue weighted by Crippen LogP contribution is -2.58. The number of hydrogen-bond donors (Lipinski definition) is 1. The van der Waals surface area contributed by atoms with E-state index >= 15 is 0 Å². The van der Waals surface area contributed by atoms with Gasteiger partial charge in [0.15, 0.2) is 0 Å². The standard InChI is InChI=1S/C12H25N3O/c1-5-15(6-2)11(16)13-10-12(14(3)4)8-7-9-12/h5-10H2,1-4H3,(H,13,16). The molecule has 0 heterocycles. The van der Waals surface area contributed by atoms with Crippen LogP contribution in [-0.4, -0.2) is 55.1 Å². The van der Waals surface area contributed by atoms with Crippen molar-refractivity contribution in [1.29, 1.82) is 0 Å². The number of hydrogen-bond acceptors (Lipinski definition) is 2. The molecule has 1 N–H and O–H groups in total. The van der Waals surface area contributed by atoms with Crippen LogP contribution in [0.1, 0.15) is 33.1 Å². The van der Waals surface area contributed by atoms with Gasteiger partial charge in [-0.3, -0.25) is 0 Å². The molecule has 0 atom stereocenters. The topological polar surface area (TPSA) is 35.6 Å². The van der Waals surface area contributed by atoms with Gasteiger partial charge in [0.2, 0.25) is 0 Å². The van der Waals surface area contributed by atoms with Gasteiger partial charge in [-0.2, -0.15) is 0 Å². The van der Waals surface area contributed by atoms with Gasteiger partial charge in [0.25, 0.3) is 0 Å². The first-order valence-corrected chi connectivity index (χ1v) is 6.26. The Morgan fingerprint density at radius 1 is 1.25 bits per heavy atom. The van der Waals surface area contributed by atoms with Gasteiger partial charge in [-0.15, -0.1) is 0 Å². The summed E-state index contributed by atoms with van der Waals surface area (Å²) in [6.07, 6.45) is 3.66. The number of rotatable bonds is 5. The Kier molecular flexibility index (Phi) is 4.59. The van der Waals surface area contributed by atoms with Crippen molar-refractivity contribution in [2.24, 2.45) is 0 Å². The molecular formula is C12H25N3O. The van der Waals surface area contributed by atoms with Gasteiger partial charge in [-0.1, -0.05) is 0 Å². The number of carbonyl (C=O) groups excluding carboxylic acids is 1. The first-order valence-electron chi connectivity index (χ1n) is 6.26. The van der Waals surface area contributed by atoms with Crippen LogP contribution in [0.4, 0.5) is 4.79 Å². The van der Waals surface area contributed by atoms with Crippen LogP contribution in [0.15, 0.2) is 0 Å². The molecule has 1 saturated carbocycles. The van der Waals surface area contributed by atoms with Gasteiger partial charge >= 0.3 is 6.03 Å². The van der Waals surface area contributed by atoms with E-state index in [9.17, 15) is 4.79 Å². The molecule has 1 aliphatic rings. The van der Waals surface area contributed by atoms with E-state index in [4.69, 9.17) is 0 Å². The predicted octanol–water partition coefficient (Wildman–Crippen LogP) is 1.52. The van der Waals surface area contributed by atoms with E-state index in [1.807, 2.05) is 18.7 Å². The summed E-state index contributed by atoms with van der Waals surface area (Å²) in [5.74, 6) is 0. The zero-order valence-corrected chi connectivity index (χ0v) is 11.0. The van der Waals surface area contributed by atoms with Crippen molar-refractivity contribution in [3.05, 3.63) is 0 Å². The summed E-state index contributed by atoms with van der Waals surface area (Å²) in [6.45, 7) is 6.34. The number of carbonyl (C=O) groups is 1. The molecule has 0 unspecified atom stereocenters. The highest BCUT2D eigenvalue weighted by atomic mass is 16.2. The van der Waals surface area contributed by atoms with Crippen LogP contribution < -0.4 is 5.32 Å². The Labute approximate surface area is 99.0 Å². The molecular weight excluding hydrogens is 202 g/mol. The third kappa shape index (κ3) is 2.67. The van der Waals surface area contributed by atoms with Crippen LogP contribution in [-0.2, 0) is 0 Å². The summed E-state index contributed by atoms with van der Waals surface area (Å²) < 4.78 is 0. The summed E-state index contributed by atoms with van der Waals surface area (Å²) in [6, 6.07) is 0.0677. The third-order valence-electron chi connectivity index (χ3n) is 3.85. The van der Waals surface area contributed by atoms with Gasteiger partial charge in [0, 0.05) is 25.2 Å². The summed E-state index contributed by atoms with van der Waals surface area (Å²) in [7, 11) is 4.20. The monoisotopic (exact) mass is 227 g/mol. The van der Waals surface area contributed by atoms with Crippen LogP contribution in [0.2, 0.25) is 0 Å². The smallest absolute Gasteiger partial charge is 0.317 e. The molecule has 1 aliphatic carbocycles. The predicted molar refractivity (Wildman–Crippen MR) is 66.6 cm³/mol. The maximum Gasteiger partial charge on any atom is 0.317 e. The minimum Gasteiger partial charge on any atom is -0.336 e. The van der Waals surface area contributed by atoms with Crippen LogP contribution in [0, 0.1) is 0 Å². The molecule has 0 saturated heterocycles. The molecule has 0 aromatic heterocycles. The summed E-state index contributed by atoms with van der Waals surface area (Å²) >= 11 is 0. The second-order valence-corrected chi connectivity index (χ2v) is 4.80. The molecule has 0 aliphatic heterocycles. The van der Waals surface area contributed by atoms with Gasteiger partial charge in [0.1, 0.15) is 0 Å². The lowest BCUT2D eigenvalue weighted by Gasteiger charge is -2.47. The molecule has 0 radical (unpaired) electrons. The second-order valence-electron chi connectivity index (χ2n) is 4.80. The Morgan fingerprint density at radius 2 is 1.81 bits per heavy atom. The highest BCUT2D eigenvalue weighted by Gasteiger charge is 2.39. The zero-order chi connectivity index (χ0) is 12.2. The van der Waals surface area contributed by atoms with E-state index in [-0.39, 0.29) is 11.6 Å². The zero-order valence-electron chi connectivity index (χ0n) is 11.0. The Balaban J connectivity index is 2.41. The second kappa shape index (κ2) is 5.53. The molecule has 0 aromatic carbocycles. The fourth-order valence-electron chi connectivity index (χ4n) is 2.23.